The van der Waals surface area contributed by atoms with Crippen molar-refractivity contribution in [2.45, 2.75) is 35.5 Å². The standard InChI is InChI=1S/C32H25F6NO9S2/c1-21-3-15-27(16-4-21)49(41,42)47-26-13-17-28(18-14-26)50(43,44)48-39-29(31(33,34)35)22-5-9-24(10-6-22)45-19-2-20-46-25-11-7-23(8-12-25)30(40)32(36,37)38/h3-18H,2,19-20H2,1H3/b39-29+. The molecule has 0 unspecified atom stereocenters. The molecule has 0 radical (unpaired) electrons. The summed E-state index contributed by atoms with van der Waals surface area (Å²) in [4.78, 5) is 10.4. The number of Topliss-reactive ketones (excluding diaryl/α,β-unsaturated/α-hetero) is 1. The molecule has 0 saturated carbocycles. The van der Waals surface area contributed by atoms with Gasteiger partial charge in [0.2, 0.25) is 0 Å². The molecule has 0 aromatic heterocycles. The fourth-order valence-electron chi connectivity index (χ4n) is 3.95. The number of oxime groups is 1. The maximum Gasteiger partial charge on any atom is 0.454 e. The van der Waals surface area contributed by atoms with Crippen LogP contribution in [0.5, 0.6) is 17.2 Å². The van der Waals surface area contributed by atoms with Crippen molar-refractivity contribution >= 4 is 31.7 Å². The molecule has 10 nitrogen and oxygen atoms in total. The predicted molar refractivity (Wildman–Crippen MR) is 165 cm³/mol. The second-order valence-corrected chi connectivity index (χ2v) is 13.3. The van der Waals surface area contributed by atoms with E-state index in [-0.39, 0.29) is 41.8 Å². The van der Waals surface area contributed by atoms with E-state index in [0.717, 1.165) is 54.1 Å². The van der Waals surface area contributed by atoms with Gasteiger partial charge in [0, 0.05) is 17.5 Å². The number of hydrogen-bond donors (Lipinski definition) is 0. The van der Waals surface area contributed by atoms with E-state index < -0.39 is 60.1 Å². The summed E-state index contributed by atoms with van der Waals surface area (Å²) >= 11 is 0. The second-order valence-electron chi connectivity index (χ2n) is 10.2. The Morgan fingerprint density at radius 3 is 1.52 bits per heavy atom. The first-order valence-corrected chi connectivity index (χ1v) is 16.9. The Bertz CT molecular complexity index is 2030. The van der Waals surface area contributed by atoms with Crippen molar-refractivity contribution in [1.82, 2.24) is 0 Å². The Morgan fingerprint density at radius 2 is 1.04 bits per heavy atom. The molecule has 0 aliphatic heterocycles. The molecule has 4 aromatic carbocycles. The Morgan fingerprint density at radius 1 is 0.600 bits per heavy atom. The molecule has 0 atom stereocenters. The van der Waals surface area contributed by atoms with Crippen LogP contribution in [0.3, 0.4) is 0 Å². The number of rotatable bonds is 14. The van der Waals surface area contributed by atoms with E-state index in [1.807, 2.05) is 0 Å². The zero-order valence-corrected chi connectivity index (χ0v) is 27.2. The molecule has 0 heterocycles. The third-order valence-corrected chi connectivity index (χ3v) is 8.83. The number of halogens is 6. The number of ketones is 1. The largest absolute Gasteiger partial charge is 0.493 e. The van der Waals surface area contributed by atoms with Crippen molar-refractivity contribution in [2.75, 3.05) is 13.2 Å². The zero-order chi connectivity index (χ0) is 36.7. The number of nitrogens with zero attached hydrogens (tertiary/aromatic N) is 1. The molecular weight excluding hydrogens is 720 g/mol. The van der Waals surface area contributed by atoms with E-state index in [4.69, 9.17) is 13.7 Å². The lowest BCUT2D eigenvalue weighted by Gasteiger charge is -2.12. The van der Waals surface area contributed by atoms with E-state index in [2.05, 4.69) is 9.44 Å². The molecule has 0 saturated heterocycles. The van der Waals surface area contributed by atoms with Crippen LogP contribution in [0.25, 0.3) is 0 Å². The molecule has 0 amide bonds. The minimum Gasteiger partial charge on any atom is -0.493 e. The Balaban J connectivity index is 1.32. The van der Waals surface area contributed by atoms with Crippen LogP contribution in [0.2, 0.25) is 0 Å². The maximum absolute atomic E-state index is 13.8. The molecule has 4 rings (SSSR count). The highest BCUT2D eigenvalue weighted by atomic mass is 32.2. The van der Waals surface area contributed by atoms with Crippen LogP contribution in [0.4, 0.5) is 26.3 Å². The second kappa shape index (κ2) is 15.2. The van der Waals surface area contributed by atoms with Crippen LogP contribution in [-0.2, 0) is 24.5 Å². The minimum atomic E-state index is -5.14. The summed E-state index contributed by atoms with van der Waals surface area (Å²) in [5.41, 5.74) is -1.97. The van der Waals surface area contributed by atoms with E-state index in [9.17, 15) is 48.0 Å². The number of aryl methyl sites for hydroxylation is 1. The Hall–Kier alpha value is -5.10. The molecule has 0 fully saturated rings. The summed E-state index contributed by atoms with van der Waals surface area (Å²) in [6.45, 7) is 1.85. The Kier molecular flexibility index (Phi) is 11.5. The molecule has 0 N–H and O–H groups in total. The van der Waals surface area contributed by atoms with Crippen LogP contribution in [0, 0.1) is 6.92 Å². The number of carbonyl (C=O) groups is 1. The van der Waals surface area contributed by atoms with E-state index in [1.54, 1.807) is 19.1 Å². The van der Waals surface area contributed by atoms with Gasteiger partial charge in [-0.25, -0.2) is 0 Å². The predicted octanol–water partition coefficient (Wildman–Crippen LogP) is 7.03. The quantitative estimate of drug-likeness (QED) is 0.0333. The Labute approximate surface area is 282 Å². The minimum absolute atomic E-state index is 0.0350. The number of alkyl halides is 6. The topological polar surface area (TPSA) is 135 Å². The maximum atomic E-state index is 13.8. The van der Waals surface area contributed by atoms with Gasteiger partial charge in [-0.15, -0.1) is 0 Å². The van der Waals surface area contributed by atoms with Gasteiger partial charge in [0.05, 0.1) is 13.2 Å². The third-order valence-electron chi connectivity index (χ3n) is 6.45. The number of carbonyl (C=O) groups excluding carboxylic acids is 1. The average molecular weight is 746 g/mol. The summed E-state index contributed by atoms with van der Waals surface area (Å²) in [6, 6.07) is 18.0. The highest BCUT2D eigenvalue weighted by molar-refractivity contribution is 7.87. The van der Waals surface area contributed by atoms with Crippen LogP contribution in [-0.4, -0.2) is 53.9 Å². The van der Waals surface area contributed by atoms with Gasteiger partial charge in [0.25, 0.3) is 5.78 Å². The van der Waals surface area contributed by atoms with Gasteiger partial charge in [-0.1, -0.05) is 22.9 Å². The lowest BCUT2D eigenvalue weighted by molar-refractivity contribution is -0.0885. The van der Waals surface area contributed by atoms with Gasteiger partial charge in [-0.2, -0.15) is 43.2 Å². The van der Waals surface area contributed by atoms with Gasteiger partial charge >= 0.3 is 32.6 Å². The van der Waals surface area contributed by atoms with Crippen LogP contribution in [0.1, 0.15) is 27.9 Å². The van der Waals surface area contributed by atoms with Crippen molar-refractivity contribution in [1.29, 1.82) is 0 Å². The number of hydrogen-bond acceptors (Lipinski definition) is 10. The molecule has 266 valence electrons. The van der Waals surface area contributed by atoms with E-state index in [0.29, 0.717) is 0 Å². The van der Waals surface area contributed by atoms with Crippen molar-refractivity contribution in [3.63, 3.8) is 0 Å². The SMILES string of the molecule is Cc1ccc(S(=O)(=O)Oc2ccc(S(=O)(=O)O/N=C(\c3ccc(OCCCOc4ccc(C(=O)C(F)(F)F)cc4)cc3)C(F)(F)F)cc2)cc1. The summed E-state index contributed by atoms with van der Waals surface area (Å²) in [6.07, 6.45) is -9.88. The van der Waals surface area contributed by atoms with Gasteiger partial charge < -0.3 is 13.7 Å². The molecule has 0 aliphatic rings. The van der Waals surface area contributed by atoms with Gasteiger partial charge in [0.1, 0.15) is 27.0 Å². The normalized spacial score (nSPS) is 12.7. The first-order valence-electron chi connectivity index (χ1n) is 14.1. The molecule has 50 heavy (non-hydrogen) atoms. The molecule has 0 spiro atoms. The van der Waals surface area contributed by atoms with Crippen molar-refractivity contribution in [3.05, 3.63) is 114 Å². The lowest BCUT2D eigenvalue weighted by atomic mass is 10.1. The first-order chi connectivity index (χ1) is 23.3. The average Bonchev–Trinajstić information content (AvgIpc) is 3.04. The van der Waals surface area contributed by atoms with Gasteiger partial charge in [0.15, 0.2) is 5.71 Å². The molecular formula is C32H25F6NO9S2. The van der Waals surface area contributed by atoms with Crippen LogP contribution in [0.15, 0.2) is 112 Å². The fraction of sp³-hybridized carbons (Fsp3) is 0.188. The van der Waals surface area contributed by atoms with Gasteiger partial charge in [-0.3, -0.25) is 9.08 Å². The summed E-state index contributed by atoms with van der Waals surface area (Å²) in [5.74, 6) is -1.91. The van der Waals surface area contributed by atoms with E-state index in [1.165, 1.54) is 36.4 Å². The summed E-state index contributed by atoms with van der Waals surface area (Å²) < 4.78 is 149. The molecule has 0 bridgehead atoms. The van der Waals surface area contributed by atoms with Crippen LogP contribution < -0.4 is 13.7 Å². The third kappa shape index (κ3) is 10.2. The summed E-state index contributed by atoms with van der Waals surface area (Å²) in [7, 11) is -9.14. The van der Waals surface area contributed by atoms with Crippen molar-refractivity contribution in [3.8, 4) is 17.2 Å². The molecule has 0 aliphatic carbocycles. The number of ether oxygens (including phenoxy) is 2. The highest BCUT2D eigenvalue weighted by Gasteiger charge is 2.39. The lowest BCUT2D eigenvalue weighted by Crippen LogP contribution is -2.25. The molecule has 18 heteroatoms. The van der Waals surface area contributed by atoms with Crippen molar-refractivity contribution < 1.29 is 65.9 Å². The smallest absolute Gasteiger partial charge is 0.454 e. The van der Waals surface area contributed by atoms with Crippen molar-refractivity contribution in [2.24, 2.45) is 5.16 Å². The fourth-order valence-corrected chi connectivity index (χ4v) is 5.61. The monoisotopic (exact) mass is 745 g/mol. The zero-order valence-electron chi connectivity index (χ0n) is 25.6. The first kappa shape index (κ1) is 37.7. The molecule has 4 aromatic rings. The van der Waals surface area contributed by atoms with Gasteiger partial charge in [-0.05, 0) is 91.9 Å². The van der Waals surface area contributed by atoms with E-state index >= 15 is 0 Å². The van der Waals surface area contributed by atoms with Crippen LogP contribution >= 0.6 is 0 Å². The summed E-state index contributed by atoms with van der Waals surface area (Å²) in [5, 5.41) is 2.86. The number of benzene rings is 4. The highest BCUT2D eigenvalue weighted by Crippen LogP contribution is 2.27.